The Morgan fingerprint density at radius 1 is 1.26 bits per heavy atom. The van der Waals surface area contributed by atoms with Gasteiger partial charge in [0, 0.05) is 22.7 Å². The Bertz CT molecular complexity index is 730. The van der Waals surface area contributed by atoms with Crippen LogP contribution < -0.4 is 10.6 Å². The number of amides is 2. The minimum absolute atomic E-state index is 0.0587. The molecule has 2 aromatic rings. The second kappa shape index (κ2) is 6.20. The van der Waals surface area contributed by atoms with E-state index in [0.29, 0.717) is 5.69 Å². The molecular weight excluding hydrogens is 298 g/mol. The summed E-state index contributed by atoms with van der Waals surface area (Å²) in [5, 5.41) is 15.4. The number of alkyl carbamates (subject to hydrolysis) is 1. The molecule has 0 radical (unpaired) electrons. The maximum absolute atomic E-state index is 12.1. The number of aromatic hydroxyl groups is 1. The van der Waals surface area contributed by atoms with E-state index in [1.165, 1.54) is 0 Å². The topological polar surface area (TPSA) is 103 Å². The van der Waals surface area contributed by atoms with Crippen molar-refractivity contribution >= 4 is 28.6 Å². The van der Waals surface area contributed by atoms with Crippen LogP contribution in [-0.4, -0.2) is 33.7 Å². The number of carbonyl (C=O) groups excluding carboxylic acids is 2. The molecule has 1 heterocycles. The predicted octanol–water partition coefficient (Wildman–Crippen LogP) is 2.73. The molecular formula is C16H21N3O4. The van der Waals surface area contributed by atoms with Crippen LogP contribution >= 0.6 is 0 Å². The summed E-state index contributed by atoms with van der Waals surface area (Å²) in [4.78, 5) is 26.6. The standard InChI is InChI=1S/C16H21N3O4/c1-9(17-15(22)23-16(2,3)4)14(21)18-11-5-6-12-10(7-11)8-13(20)19-12/h5-9,19-20H,1-4H3,(H,17,22)(H,18,21)/t9-/m0/s1. The molecule has 0 saturated carbocycles. The van der Waals surface area contributed by atoms with Crippen LogP contribution in [-0.2, 0) is 9.53 Å². The Hall–Kier alpha value is -2.70. The number of aromatic nitrogens is 1. The van der Waals surface area contributed by atoms with Crippen LogP contribution in [0.1, 0.15) is 27.7 Å². The van der Waals surface area contributed by atoms with E-state index in [2.05, 4.69) is 15.6 Å². The maximum Gasteiger partial charge on any atom is 0.408 e. The number of fused-ring (bicyclic) bond motifs is 1. The summed E-state index contributed by atoms with van der Waals surface area (Å²) in [7, 11) is 0. The van der Waals surface area contributed by atoms with Gasteiger partial charge in [0.05, 0.1) is 0 Å². The molecule has 1 aromatic carbocycles. The van der Waals surface area contributed by atoms with Gasteiger partial charge in [0.15, 0.2) is 5.88 Å². The summed E-state index contributed by atoms with van der Waals surface area (Å²) in [6.07, 6.45) is -0.647. The van der Waals surface area contributed by atoms with Crippen molar-refractivity contribution in [2.45, 2.75) is 39.3 Å². The lowest BCUT2D eigenvalue weighted by atomic mass is 10.2. The molecule has 1 atom stereocenters. The summed E-state index contributed by atoms with van der Waals surface area (Å²) >= 11 is 0. The van der Waals surface area contributed by atoms with Gasteiger partial charge in [0.25, 0.3) is 0 Å². The largest absolute Gasteiger partial charge is 0.495 e. The molecule has 0 aliphatic carbocycles. The molecule has 4 N–H and O–H groups in total. The predicted molar refractivity (Wildman–Crippen MR) is 87.4 cm³/mol. The van der Waals surface area contributed by atoms with E-state index < -0.39 is 17.7 Å². The molecule has 0 unspecified atom stereocenters. The monoisotopic (exact) mass is 319 g/mol. The quantitative estimate of drug-likeness (QED) is 0.698. The zero-order chi connectivity index (χ0) is 17.2. The van der Waals surface area contributed by atoms with Gasteiger partial charge in [0.2, 0.25) is 5.91 Å². The third-order valence-electron chi connectivity index (χ3n) is 3.00. The number of H-pyrrole nitrogens is 1. The zero-order valence-corrected chi connectivity index (χ0v) is 13.6. The van der Waals surface area contributed by atoms with Crippen LogP contribution in [0.15, 0.2) is 24.3 Å². The van der Waals surface area contributed by atoms with E-state index in [0.717, 1.165) is 10.9 Å². The second-order valence-corrected chi connectivity index (χ2v) is 6.31. The first kappa shape index (κ1) is 16.7. The number of ether oxygens (including phenoxy) is 1. The van der Waals surface area contributed by atoms with E-state index in [4.69, 9.17) is 4.74 Å². The second-order valence-electron chi connectivity index (χ2n) is 6.31. The van der Waals surface area contributed by atoms with Crippen LogP contribution in [0.3, 0.4) is 0 Å². The summed E-state index contributed by atoms with van der Waals surface area (Å²) in [5.74, 6) is -0.307. The molecule has 0 saturated heterocycles. The van der Waals surface area contributed by atoms with E-state index in [1.807, 2.05) is 0 Å². The van der Waals surface area contributed by atoms with Gasteiger partial charge in [-0.05, 0) is 45.9 Å². The van der Waals surface area contributed by atoms with E-state index in [1.54, 1.807) is 52.0 Å². The third kappa shape index (κ3) is 4.64. The smallest absolute Gasteiger partial charge is 0.408 e. The summed E-state index contributed by atoms with van der Waals surface area (Å²) < 4.78 is 5.11. The van der Waals surface area contributed by atoms with Crippen LogP contribution in [0.5, 0.6) is 5.88 Å². The van der Waals surface area contributed by atoms with Gasteiger partial charge in [-0.15, -0.1) is 0 Å². The molecule has 1 aromatic heterocycles. The molecule has 2 amide bonds. The molecule has 7 heteroatoms. The number of nitrogens with one attached hydrogen (secondary N) is 3. The lowest BCUT2D eigenvalue weighted by Gasteiger charge is -2.21. The Kier molecular flexibility index (Phi) is 4.49. The molecule has 0 aliphatic rings. The normalized spacial score (nSPS) is 12.7. The zero-order valence-electron chi connectivity index (χ0n) is 13.6. The van der Waals surface area contributed by atoms with Crippen molar-refractivity contribution in [2.75, 3.05) is 5.32 Å². The maximum atomic E-state index is 12.1. The fourth-order valence-corrected chi connectivity index (χ4v) is 2.00. The number of hydrogen-bond donors (Lipinski definition) is 4. The highest BCUT2D eigenvalue weighted by molar-refractivity contribution is 5.98. The van der Waals surface area contributed by atoms with Crippen molar-refractivity contribution in [3.8, 4) is 5.88 Å². The molecule has 0 aliphatic heterocycles. The first-order valence-electron chi connectivity index (χ1n) is 7.26. The van der Waals surface area contributed by atoms with Crippen molar-refractivity contribution in [3.05, 3.63) is 24.3 Å². The average Bonchev–Trinajstić information content (AvgIpc) is 2.75. The number of hydrogen-bond acceptors (Lipinski definition) is 4. The molecule has 2 rings (SSSR count). The Balaban J connectivity index is 1.97. The van der Waals surface area contributed by atoms with Gasteiger partial charge in [0.1, 0.15) is 11.6 Å². The van der Waals surface area contributed by atoms with Crippen LogP contribution in [0, 0.1) is 0 Å². The number of benzene rings is 1. The van der Waals surface area contributed by atoms with Crippen molar-refractivity contribution in [1.82, 2.24) is 10.3 Å². The highest BCUT2D eigenvalue weighted by Gasteiger charge is 2.21. The van der Waals surface area contributed by atoms with Gasteiger partial charge in [-0.25, -0.2) is 4.79 Å². The summed E-state index contributed by atoms with van der Waals surface area (Å²) in [6, 6.07) is 5.99. The molecule has 23 heavy (non-hydrogen) atoms. The molecule has 0 fully saturated rings. The number of aromatic amines is 1. The molecule has 7 nitrogen and oxygen atoms in total. The fraction of sp³-hybridized carbons (Fsp3) is 0.375. The first-order chi connectivity index (χ1) is 10.6. The molecule has 124 valence electrons. The number of anilines is 1. The minimum atomic E-state index is -0.750. The van der Waals surface area contributed by atoms with Crippen molar-refractivity contribution in [3.63, 3.8) is 0 Å². The van der Waals surface area contributed by atoms with E-state index >= 15 is 0 Å². The van der Waals surface area contributed by atoms with E-state index in [9.17, 15) is 14.7 Å². The van der Waals surface area contributed by atoms with Gasteiger partial charge in [-0.1, -0.05) is 0 Å². The van der Waals surface area contributed by atoms with Crippen molar-refractivity contribution in [2.24, 2.45) is 0 Å². The Morgan fingerprint density at radius 3 is 2.61 bits per heavy atom. The fourth-order valence-electron chi connectivity index (χ4n) is 2.00. The van der Waals surface area contributed by atoms with Crippen molar-refractivity contribution < 1.29 is 19.4 Å². The average molecular weight is 319 g/mol. The van der Waals surface area contributed by atoms with E-state index in [-0.39, 0.29) is 11.8 Å². The van der Waals surface area contributed by atoms with Crippen LogP contribution in [0.2, 0.25) is 0 Å². The number of rotatable bonds is 3. The summed E-state index contributed by atoms with van der Waals surface area (Å²) in [5.41, 5.74) is 0.710. The van der Waals surface area contributed by atoms with Gasteiger partial charge >= 0.3 is 6.09 Å². The van der Waals surface area contributed by atoms with Crippen molar-refractivity contribution in [1.29, 1.82) is 0 Å². The minimum Gasteiger partial charge on any atom is -0.495 e. The van der Waals surface area contributed by atoms with Gasteiger partial charge in [-0.2, -0.15) is 0 Å². The highest BCUT2D eigenvalue weighted by atomic mass is 16.6. The molecule has 0 bridgehead atoms. The SMILES string of the molecule is C[C@H](NC(=O)OC(C)(C)C)C(=O)Nc1ccc2[nH]c(O)cc2c1. The van der Waals surface area contributed by atoms with Gasteiger partial charge in [-0.3, -0.25) is 4.79 Å². The lowest BCUT2D eigenvalue weighted by molar-refractivity contribution is -0.117. The highest BCUT2D eigenvalue weighted by Crippen LogP contribution is 2.22. The number of carbonyl (C=O) groups is 2. The van der Waals surface area contributed by atoms with Crippen LogP contribution in [0.25, 0.3) is 10.9 Å². The third-order valence-corrected chi connectivity index (χ3v) is 3.00. The van der Waals surface area contributed by atoms with Crippen LogP contribution in [0.4, 0.5) is 10.5 Å². The Labute approximate surface area is 134 Å². The summed E-state index contributed by atoms with van der Waals surface area (Å²) in [6.45, 7) is 6.82. The molecule has 0 spiro atoms. The van der Waals surface area contributed by atoms with Gasteiger partial charge < -0.3 is 25.5 Å². The first-order valence-corrected chi connectivity index (χ1v) is 7.26. The lowest BCUT2D eigenvalue weighted by Crippen LogP contribution is -2.43. The Morgan fingerprint density at radius 2 is 1.96 bits per heavy atom.